The SMILES string of the molecule is CCNCC(NC)c1ccc2oc(=O)[nH]c2c1. The highest BCUT2D eigenvalue weighted by Crippen LogP contribution is 2.17. The molecule has 0 aliphatic rings. The van der Waals surface area contributed by atoms with Gasteiger partial charge in [0.15, 0.2) is 5.58 Å². The summed E-state index contributed by atoms with van der Waals surface area (Å²) < 4.78 is 4.97. The number of hydrogen-bond donors (Lipinski definition) is 3. The average Bonchev–Trinajstić information content (AvgIpc) is 2.69. The molecule has 0 bridgehead atoms. The van der Waals surface area contributed by atoms with Gasteiger partial charge in [0.1, 0.15) is 0 Å². The first-order valence-corrected chi connectivity index (χ1v) is 5.75. The van der Waals surface area contributed by atoms with Crippen LogP contribution in [-0.4, -0.2) is 25.1 Å². The van der Waals surface area contributed by atoms with Gasteiger partial charge in [-0.25, -0.2) is 4.79 Å². The van der Waals surface area contributed by atoms with Gasteiger partial charge in [0, 0.05) is 12.6 Å². The minimum absolute atomic E-state index is 0.220. The summed E-state index contributed by atoms with van der Waals surface area (Å²) in [4.78, 5) is 13.7. The molecule has 0 aliphatic heterocycles. The topological polar surface area (TPSA) is 70.1 Å². The second-order valence-corrected chi connectivity index (χ2v) is 3.92. The Morgan fingerprint density at radius 3 is 3.00 bits per heavy atom. The van der Waals surface area contributed by atoms with Crippen LogP contribution in [0, 0.1) is 0 Å². The molecule has 0 fully saturated rings. The molecule has 1 atom stereocenters. The Balaban J connectivity index is 2.30. The van der Waals surface area contributed by atoms with Crippen molar-refractivity contribution >= 4 is 11.1 Å². The summed E-state index contributed by atoms with van der Waals surface area (Å²) in [5.74, 6) is -0.412. The van der Waals surface area contributed by atoms with Crippen molar-refractivity contribution in [1.29, 1.82) is 0 Å². The minimum Gasteiger partial charge on any atom is -0.408 e. The zero-order valence-corrected chi connectivity index (χ0v) is 10.0. The third-order valence-corrected chi connectivity index (χ3v) is 2.79. The first kappa shape index (κ1) is 11.9. The van der Waals surface area contributed by atoms with E-state index in [1.54, 1.807) is 0 Å². The molecule has 1 aromatic heterocycles. The Labute approximate surface area is 99.2 Å². The predicted molar refractivity (Wildman–Crippen MR) is 67.2 cm³/mol. The fourth-order valence-corrected chi connectivity index (χ4v) is 1.86. The van der Waals surface area contributed by atoms with Crippen LogP contribution in [0.4, 0.5) is 0 Å². The fourth-order valence-electron chi connectivity index (χ4n) is 1.86. The summed E-state index contributed by atoms with van der Waals surface area (Å²) in [6.07, 6.45) is 0. The van der Waals surface area contributed by atoms with Crippen molar-refractivity contribution < 1.29 is 4.42 Å². The highest BCUT2D eigenvalue weighted by molar-refractivity contribution is 5.72. The number of aromatic amines is 1. The third kappa shape index (κ3) is 2.57. The molecule has 5 nitrogen and oxygen atoms in total. The van der Waals surface area contributed by atoms with E-state index in [0.717, 1.165) is 24.2 Å². The lowest BCUT2D eigenvalue weighted by Gasteiger charge is -2.16. The number of aromatic nitrogens is 1. The van der Waals surface area contributed by atoms with Gasteiger partial charge in [0.25, 0.3) is 0 Å². The maximum Gasteiger partial charge on any atom is 0.417 e. The first-order chi connectivity index (χ1) is 8.24. The van der Waals surface area contributed by atoms with Gasteiger partial charge in [0.05, 0.1) is 5.52 Å². The average molecular weight is 235 g/mol. The van der Waals surface area contributed by atoms with Crippen LogP contribution in [0.15, 0.2) is 27.4 Å². The van der Waals surface area contributed by atoms with E-state index in [1.165, 1.54) is 0 Å². The number of nitrogens with one attached hydrogen (secondary N) is 3. The minimum atomic E-state index is -0.412. The molecule has 0 spiro atoms. The van der Waals surface area contributed by atoms with Crippen LogP contribution >= 0.6 is 0 Å². The van der Waals surface area contributed by atoms with Gasteiger partial charge in [-0.15, -0.1) is 0 Å². The van der Waals surface area contributed by atoms with Crippen LogP contribution in [0.3, 0.4) is 0 Å². The fraction of sp³-hybridized carbons (Fsp3) is 0.417. The van der Waals surface area contributed by atoms with E-state index < -0.39 is 5.76 Å². The van der Waals surface area contributed by atoms with E-state index >= 15 is 0 Å². The zero-order valence-electron chi connectivity index (χ0n) is 10.0. The zero-order chi connectivity index (χ0) is 12.3. The summed E-state index contributed by atoms with van der Waals surface area (Å²) in [6, 6.07) is 5.95. The summed E-state index contributed by atoms with van der Waals surface area (Å²) in [5, 5.41) is 6.53. The molecule has 3 N–H and O–H groups in total. The number of H-pyrrole nitrogens is 1. The van der Waals surface area contributed by atoms with Crippen molar-refractivity contribution in [2.75, 3.05) is 20.1 Å². The van der Waals surface area contributed by atoms with E-state index in [0.29, 0.717) is 5.58 Å². The number of benzene rings is 1. The normalized spacial score (nSPS) is 13.1. The Kier molecular flexibility index (Phi) is 3.61. The Morgan fingerprint density at radius 1 is 1.47 bits per heavy atom. The summed E-state index contributed by atoms with van der Waals surface area (Å²) in [7, 11) is 1.92. The third-order valence-electron chi connectivity index (χ3n) is 2.79. The Bertz CT molecular complexity index is 544. The lowest BCUT2D eigenvalue weighted by Crippen LogP contribution is -2.29. The predicted octanol–water partition coefficient (Wildman–Crippen LogP) is 0.991. The van der Waals surface area contributed by atoms with Crippen LogP contribution in [0.1, 0.15) is 18.5 Å². The van der Waals surface area contributed by atoms with Gasteiger partial charge in [0.2, 0.25) is 0 Å². The van der Waals surface area contributed by atoms with E-state index in [1.807, 2.05) is 25.2 Å². The quantitative estimate of drug-likeness (QED) is 0.723. The molecule has 1 unspecified atom stereocenters. The van der Waals surface area contributed by atoms with E-state index in [2.05, 4.69) is 22.5 Å². The molecular weight excluding hydrogens is 218 g/mol. The van der Waals surface area contributed by atoms with Gasteiger partial charge in [-0.3, -0.25) is 4.98 Å². The van der Waals surface area contributed by atoms with Gasteiger partial charge in [-0.1, -0.05) is 13.0 Å². The van der Waals surface area contributed by atoms with Gasteiger partial charge >= 0.3 is 5.76 Å². The highest BCUT2D eigenvalue weighted by Gasteiger charge is 2.10. The maximum atomic E-state index is 11.1. The van der Waals surface area contributed by atoms with Gasteiger partial charge in [-0.05, 0) is 31.3 Å². The Morgan fingerprint density at radius 2 is 2.29 bits per heavy atom. The molecule has 1 aromatic carbocycles. The number of fused-ring (bicyclic) bond motifs is 1. The van der Waals surface area contributed by atoms with Crippen LogP contribution in [0.5, 0.6) is 0 Å². The molecule has 0 saturated heterocycles. The van der Waals surface area contributed by atoms with E-state index in [-0.39, 0.29) is 6.04 Å². The smallest absolute Gasteiger partial charge is 0.408 e. The molecule has 0 aliphatic carbocycles. The Hall–Kier alpha value is -1.59. The number of rotatable bonds is 5. The number of likely N-dealkylation sites (N-methyl/N-ethyl adjacent to an activating group) is 2. The molecule has 1 heterocycles. The van der Waals surface area contributed by atoms with Crippen molar-refractivity contribution in [3.8, 4) is 0 Å². The van der Waals surface area contributed by atoms with Crippen molar-refractivity contribution in [1.82, 2.24) is 15.6 Å². The largest absolute Gasteiger partial charge is 0.417 e. The molecule has 17 heavy (non-hydrogen) atoms. The molecule has 2 rings (SSSR count). The van der Waals surface area contributed by atoms with E-state index in [9.17, 15) is 4.79 Å². The molecule has 0 radical (unpaired) electrons. The lowest BCUT2D eigenvalue weighted by atomic mass is 10.1. The first-order valence-electron chi connectivity index (χ1n) is 5.75. The monoisotopic (exact) mass is 235 g/mol. The standard InChI is InChI=1S/C12H17N3O2/c1-3-14-7-10(13-2)8-4-5-11-9(6-8)15-12(16)17-11/h4-6,10,13-14H,3,7H2,1-2H3,(H,15,16). The lowest BCUT2D eigenvalue weighted by molar-refractivity contribution is 0.538. The van der Waals surface area contributed by atoms with Crippen molar-refractivity contribution in [2.45, 2.75) is 13.0 Å². The van der Waals surface area contributed by atoms with E-state index in [4.69, 9.17) is 4.42 Å². The molecule has 92 valence electrons. The van der Waals surface area contributed by atoms with Crippen molar-refractivity contribution in [3.63, 3.8) is 0 Å². The molecule has 2 aromatic rings. The summed E-state index contributed by atoms with van der Waals surface area (Å²) >= 11 is 0. The van der Waals surface area contributed by atoms with Crippen LogP contribution in [0.25, 0.3) is 11.1 Å². The van der Waals surface area contributed by atoms with Crippen LogP contribution in [-0.2, 0) is 0 Å². The van der Waals surface area contributed by atoms with Crippen molar-refractivity contribution in [2.24, 2.45) is 0 Å². The second-order valence-electron chi connectivity index (χ2n) is 3.92. The number of hydrogen-bond acceptors (Lipinski definition) is 4. The van der Waals surface area contributed by atoms with Crippen LogP contribution < -0.4 is 16.4 Å². The van der Waals surface area contributed by atoms with Gasteiger partial charge in [-0.2, -0.15) is 0 Å². The second kappa shape index (κ2) is 5.16. The molecule has 0 amide bonds. The van der Waals surface area contributed by atoms with Crippen LogP contribution in [0.2, 0.25) is 0 Å². The summed E-state index contributed by atoms with van der Waals surface area (Å²) in [6.45, 7) is 3.85. The van der Waals surface area contributed by atoms with Crippen molar-refractivity contribution in [3.05, 3.63) is 34.3 Å². The molecule has 5 heteroatoms. The summed E-state index contributed by atoms with van der Waals surface area (Å²) in [5.41, 5.74) is 2.46. The van der Waals surface area contributed by atoms with Gasteiger partial charge < -0.3 is 15.1 Å². The molecule has 0 saturated carbocycles. The highest BCUT2D eigenvalue weighted by atomic mass is 16.4. The number of oxazole rings is 1. The molecular formula is C12H17N3O2. The maximum absolute atomic E-state index is 11.1.